The number of aromatic hydroxyl groups is 1. The van der Waals surface area contributed by atoms with Gasteiger partial charge in [0.05, 0.1) is 7.14 Å². The quantitative estimate of drug-likeness (QED) is 0.640. The molecule has 0 fully saturated rings. The van der Waals surface area contributed by atoms with Crippen LogP contribution in [0.1, 0.15) is 24.4 Å². The highest BCUT2D eigenvalue weighted by Crippen LogP contribution is 2.30. The molecule has 0 spiro atoms. The van der Waals surface area contributed by atoms with E-state index in [0.717, 1.165) is 25.5 Å². The zero-order chi connectivity index (χ0) is 11.4. The number of phenolic OH excluding ortho intramolecular Hbond substituents is 1. The van der Waals surface area contributed by atoms with Crippen LogP contribution in [0.4, 0.5) is 0 Å². The van der Waals surface area contributed by atoms with Gasteiger partial charge in [0, 0.05) is 6.04 Å². The number of hydrogen-bond acceptors (Lipinski definition) is 3. The Kier molecular flexibility index (Phi) is 5.58. The molecule has 1 rings (SSSR count). The van der Waals surface area contributed by atoms with Crippen molar-refractivity contribution in [1.29, 1.82) is 0 Å². The van der Waals surface area contributed by atoms with E-state index in [1.165, 1.54) is 0 Å². The summed E-state index contributed by atoms with van der Waals surface area (Å²) in [5, 5.41) is 9.61. The third kappa shape index (κ3) is 3.72. The van der Waals surface area contributed by atoms with Crippen LogP contribution in [0.15, 0.2) is 12.1 Å². The van der Waals surface area contributed by atoms with Gasteiger partial charge in [0.15, 0.2) is 0 Å². The van der Waals surface area contributed by atoms with Gasteiger partial charge in [-0.1, -0.05) is 0 Å². The van der Waals surface area contributed by atoms with E-state index < -0.39 is 0 Å². The highest BCUT2D eigenvalue weighted by atomic mass is 127. The van der Waals surface area contributed by atoms with E-state index in [2.05, 4.69) is 45.2 Å². The van der Waals surface area contributed by atoms with Crippen molar-refractivity contribution >= 4 is 45.2 Å². The molecule has 1 aromatic rings. The number of phenols is 1. The topological polar surface area (TPSA) is 72.3 Å². The molecule has 1 aromatic carbocycles. The van der Waals surface area contributed by atoms with Gasteiger partial charge < -0.3 is 16.6 Å². The fourth-order valence-corrected chi connectivity index (χ4v) is 3.12. The normalized spacial score (nSPS) is 12.8. The molecule has 15 heavy (non-hydrogen) atoms. The molecule has 84 valence electrons. The first-order valence-corrected chi connectivity index (χ1v) is 6.85. The average molecular weight is 432 g/mol. The van der Waals surface area contributed by atoms with Crippen LogP contribution in [0.25, 0.3) is 0 Å². The maximum absolute atomic E-state index is 9.61. The molecule has 0 amide bonds. The number of halogens is 2. The number of rotatable bonds is 4. The lowest BCUT2D eigenvalue weighted by atomic mass is 10.0. The Bertz CT molecular complexity index is 321. The van der Waals surface area contributed by atoms with Crippen molar-refractivity contribution in [2.75, 3.05) is 6.54 Å². The molecule has 1 atom stereocenters. The number of hydrogen-bond donors (Lipinski definition) is 3. The van der Waals surface area contributed by atoms with Crippen molar-refractivity contribution in [2.45, 2.75) is 18.9 Å². The van der Waals surface area contributed by atoms with Crippen molar-refractivity contribution in [3.63, 3.8) is 0 Å². The molecule has 0 aliphatic carbocycles. The molecule has 5 heteroatoms. The van der Waals surface area contributed by atoms with E-state index >= 15 is 0 Å². The first kappa shape index (κ1) is 13.5. The number of benzene rings is 1. The van der Waals surface area contributed by atoms with E-state index in [9.17, 15) is 5.11 Å². The van der Waals surface area contributed by atoms with Crippen molar-refractivity contribution < 1.29 is 5.11 Å². The zero-order valence-electron chi connectivity index (χ0n) is 8.21. The van der Waals surface area contributed by atoms with Gasteiger partial charge in [0.1, 0.15) is 5.75 Å². The largest absolute Gasteiger partial charge is 0.506 e. The minimum Gasteiger partial charge on any atom is -0.506 e. The van der Waals surface area contributed by atoms with Crippen LogP contribution in [-0.4, -0.2) is 11.7 Å². The highest BCUT2D eigenvalue weighted by molar-refractivity contribution is 14.1. The molecule has 0 radical (unpaired) electrons. The molecule has 0 saturated carbocycles. The third-order valence-corrected chi connectivity index (χ3v) is 3.83. The Hall–Kier alpha value is 0.400. The summed E-state index contributed by atoms with van der Waals surface area (Å²) in [4.78, 5) is 0. The molecule has 0 unspecified atom stereocenters. The molecule has 0 heterocycles. The maximum atomic E-state index is 9.61. The fraction of sp³-hybridized carbons (Fsp3) is 0.400. The second kappa shape index (κ2) is 6.21. The summed E-state index contributed by atoms with van der Waals surface area (Å²) in [6.07, 6.45) is 1.81. The summed E-state index contributed by atoms with van der Waals surface area (Å²) in [6.45, 7) is 0.667. The molecular weight excluding hydrogens is 418 g/mol. The van der Waals surface area contributed by atoms with Crippen LogP contribution in [0, 0.1) is 7.14 Å². The molecule has 0 aromatic heterocycles. The van der Waals surface area contributed by atoms with E-state index in [4.69, 9.17) is 11.5 Å². The van der Waals surface area contributed by atoms with Crippen molar-refractivity contribution in [3.8, 4) is 5.75 Å². The van der Waals surface area contributed by atoms with Crippen LogP contribution < -0.4 is 11.5 Å². The standard InChI is InChI=1S/C10H14I2N2O/c11-7-4-6(5-8(12)10(7)15)9(14)2-1-3-13/h4-5,9,15H,1-3,13-14H2/t9-/m1/s1. The Labute approximate surface area is 117 Å². The predicted molar refractivity (Wildman–Crippen MR) is 78.8 cm³/mol. The summed E-state index contributed by atoms with van der Waals surface area (Å²) in [7, 11) is 0. The van der Waals surface area contributed by atoms with E-state index in [1.807, 2.05) is 12.1 Å². The molecular formula is C10H14I2N2O. The summed E-state index contributed by atoms with van der Waals surface area (Å²) in [5.74, 6) is 0.339. The van der Waals surface area contributed by atoms with Gasteiger partial charge in [0.25, 0.3) is 0 Å². The minimum atomic E-state index is 0.0104. The van der Waals surface area contributed by atoms with Gasteiger partial charge in [-0.05, 0) is 82.3 Å². The smallest absolute Gasteiger partial charge is 0.142 e. The van der Waals surface area contributed by atoms with Gasteiger partial charge in [-0.2, -0.15) is 0 Å². The number of nitrogens with two attached hydrogens (primary N) is 2. The molecule has 0 saturated heterocycles. The second-order valence-electron chi connectivity index (χ2n) is 3.37. The maximum Gasteiger partial charge on any atom is 0.142 e. The van der Waals surface area contributed by atoms with Crippen molar-refractivity contribution in [2.24, 2.45) is 11.5 Å². The summed E-state index contributed by atoms with van der Waals surface area (Å²) in [5.41, 5.74) is 12.5. The second-order valence-corrected chi connectivity index (χ2v) is 5.69. The monoisotopic (exact) mass is 432 g/mol. The van der Waals surface area contributed by atoms with Crippen LogP contribution >= 0.6 is 45.2 Å². The Morgan fingerprint density at radius 2 is 1.80 bits per heavy atom. The molecule has 5 N–H and O–H groups in total. The predicted octanol–water partition coefficient (Wildman–Crippen LogP) is 2.34. The Morgan fingerprint density at radius 3 is 2.27 bits per heavy atom. The highest BCUT2D eigenvalue weighted by Gasteiger charge is 2.10. The molecule has 3 nitrogen and oxygen atoms in total. The van der Waals surface area contributed by atoms with Crippen molar-refractivity contribution in [3.05, 3.63) is 24.8 Å². The van der Waals surface area contributed by atoms with Gasteiger partial charge in [0.2, 0.25) is 0 Å². The van der Waals surface area contributed by atoms with Crippen LogP contribution in [0.3, 0.4) is 0 Å². The summed E-state index contributed by atoms with van der Waals surface area (Å²) >= 11 is 4.22. The molecule has 0 bridgehead atoms. The van der Waals surface area contributed by atoms with Crippen LogP contribution in [0.2, 0.25) is 0 Å². The average Bonchev–Trinajstić information content (AvgIpc) is 2.21. The van der Waals surface area contributed by atoms with Gasteiger partial charge in [-0.15, -0.1) is 0 Å². The minimum absolute atomic E-state index is 0.0104. The third-order valence-electron chi connectivity index (χ3n) is 2.19. The lowest BCUT2D eigenvalue weighted by Crippen LogP contribution is -2.13. The van der Waals surface area contributed by atoms with E-state index in [1.54, 1.807) is 0 Å². The first-order chi connectivity index (χ1) is 7.06. The first-order valence-electron chi connectivity index (χ1n) is 4.69. The molecule has 0 aliphatic rings. The van der Waals surface area contributed by atoms with Gasteiger partial charge >= 0.3 is 0 Å². The molecule has 0 aliphatic heterocycles. The van der Waals surface area contributed by atoms with Crippen LogP contribution in [-0.2, 0) is 0 Å². The SMILES string of the molecule is NCCC[C@@H](N)c1cc(I)c(O)c(I)c1. The van der Waals surface area contributed by atoms with Crippen LogP contribution in [0.5, 0.6) is 5.75 Å². The Morgan fingerprint density at radius 1 is 1.27 bits per heavy atom. The summed E-state index contributed by atoms with van der Waals surface area (Å²) < 4.78 is 1.69. The van der Waals surface area contributed by atoms with Crippen molar-refractivity contribution in [1.82, 2.24) is 0 Å². The van der Waals surface area contributed by atoms with E-state index in [0.29, 0.717) is 12.3 Å². The zero-order valence-corrected chi connectivity index (χ0v) is 12.5. The van der Waals surface area contributed by atoms with Gasteiger partial charge in [-0.3, -0.25) is 0 Å². The Balaban J connectivity index is 2.86. The van der Waals surface area contributed by atoms with Gasteiger partial charge in [-0.25, -0.2) is 0 Å². The fourth-order valence-electron chi connectivity index (χ4n) is 1.30. The van der Waals surface area contributed by atoms with E-state index in [-0.39, 0.29) is 6.04 Å². The lowest BCUT2D eigenvalue weighted by Gasteiger charge is -2.13. The lowest BCUT2D eigenvalue weighted by molar-refractivity contribution is 0.466. The summed E-state index contributed by atoms with van der Waals surface area (Å²) in [6, 6.07) is 3.87.